The molecule has 1 unspecified atom stereocenters. The second-order valence-corrected chi connectivity index (χ2v) is 4.28. The highest BCUT2D eigenvalue weighted by Gasteiger charge is 2.13. The largest absolute Gasteiger partial charge is 0.495 e. The molecule has 1 aromatic carbocycles. The van der Waals surface area contributed by atoms with Crippen molar-refractivity contribution in [3.05, 3.63) is 28.9 Å². The summed E-state index contributed by atoms with van der Waals surface area (Å²) in [5.41, 5.74) is 1.87. The predicted molar refractivity (Wildman–Crippen MR) is 65.1 cm³/mol. The second-order valence-electron chi connectivity index (χ2n) is 3.88. The summed E-state index contributed by atoms with van der Waals surface area (Å²) in [6, 6.07) is 3.71. The third kappa shape index (κ3) is 1.66. The van der Waals surface area contributed by atoms with E-state index in [2.05, 4.69) is 0 Å². The van der Waals surface area contributed by atoms with E-state index in [4.69, 9.17) is 16.3 Å². The molecule has 1 heterocycles. The minimum absolute atomic E-state index is 0.505. The molecule has 16 heavy (non-hydrogen) atoms. The van der Waals surface area contributed by atoms with Crippen LogP contribution in [-0.4, -0.2) is 16.8 Å². The molecule has 0 aliphatic rings. The van der Waals surface area contributed by atoms with Gasteiger partial charge in [-0.25, -0.2) is 0 Å². The summed E-state index contributed by atoms with van der Waals surface area (Å²) in [6.45, 7) is 1.75. The van der Waals surface area contributed by atoms with E-state index in [0.717, 1.165) is 16.5 Å². The van der Waals surface area contributed by atoms with E-state index in [9.17, 15) is 5.11 Å². The van der Waals surface area contributed by atoms with Crippen molar-refractivity contribution in [3.63, 3.8) is 0 Å². The molecule has 0 radical (unpaired) electrons. The van der Waals surface area contributed by atoms with Gasteiger partial charge in [0.1, 0.15) is 5.75 Å². The minimum Gasteiger partial charge on any atom is -0.495 e. The van der Waals surface area contributed by atoms with Gasteiger partial charge in [0.25, 0.3) is 0 Å². The number of aliphatic hydroxyl groups is 1. The Hall–Kier alpha value is -1.19. The lowest BCUT2D eigenvalue weighted by Gasteiger charge is -2.06. The van der Waals surface area contributed by atoms with Crippen LogP contribution in [0.3, 0.4) is 0 Å². The van der Waals surface area contributed by atoms with Gasteiger partial charge in [-0.2, -0.15) is 0 Å². The first-order chi connectivity index (χ1) is 7.54. The quantitative estimate of drug-likeness (QED) is 0.875. The average molecular weight is 240 g/mol. The fourth-order valence-corrected chi connectivity index (χ4v) is 2.14. The van der Waals surface area contributed by atoms with Crippen molar-refractivity contribution in [1.82, 2.24) is 4.57 Å². The summed E-state index contributed by atoms with van der Waals surface area (Å²) < 4.78 is 7.12. The van der Waals surface area contributed by atoms with Gasteiger partial charge in [-0.15, -0.1) is 0 Å². The van der Waals surface area contributed by atoms with E-state index < -0.39 is 6.10 Å². The lowest BCUT2D eigenvalue weighted by Crippen LogP contribution is -1.89. The third-order valence-corrected chi connectivity index (χ3v) is 3.04. The molecule has 1 atom stereocenters. The van der Waals surface area contributed by atoms with Gasteiger partial charge in [-0.05, 0) is 19.1 Å². The zero-order valence-corrected chi connectivity index (χ0v) is 10.2. The van der Waals surface area contributed by atoms with E-state index >= 15 is 0 Å². The van der Waals surface area contributed by atoms with Crippen LogP contribution in [-0.2, 0) is 7.05 Å². The van der Waals surface area contributed by atoms with E-state index in [1.54, 1.807) is 14.0 Å². The van der Waals surface area contributed by atoms with E-state index in [1.807, 2.05) is 29.9 Å². The molecule has 0 saturated heterocycles. The van der Waals surface area contributed by atoms with Crippen molar-refractivity contribution in [2.24, 2.45) is 7.05 Å². The number of benzene rings is 1. The molecular formula is C12H14ClNO2. The Morgan fingerprint density at radius 1 is 1.44 bits per heavy atom. The van der Waals surface area contributed by atoms with Crippen LogP contribution in [0.1, 0.15) is 18.6 Å². The van der Waals surface area contributed by atoms with Crippen LogP contribution < -0.4 is 4.74 Å². The maximum absolute atomic E-state index is 9.68. The average Bonchev–Trinajstić information content (AvgIpc) is 2.55. The number of fused-ring (bicyclic) bond motifs is 1. The number of halogens is 1. The number of aliphatic hydroxyl groups excluding tert-OH is 1. The number of methoxy groups -OCH3 is 1. The summed E-state index contributed by atoms with van der Waals surface area (Å²) in [5.74, 6) is 0.627. The van der Waals surface area contributed by atoms with Crippen molar-refractivity contribution in [1.29, 1.82) is 0 Å². The summed E-state index contributed by atoms with van der Waals surface area (Å²) in [4.78, 5) is 0. The smallest absolute Gasteiger partial charge is 0.138 e. The van der Waals surface area contributed by atoms with Gasteiger partial charge in [-0.3, -0.25) is 0 Å². The van der Waals surface area contributed by atoms with Crippen LogP contribution >= 0.6 is 11.6 Å². The first kappa shape index (κ1) is 11.3. The van der Waals surface area contributed by atoms with Gasteiger partial charge in [0.2, 0.25) is 0 Å². The monoisotopic (exact) mass is 239 g/mol. The van der Waals surface area contributed by atoms with Crippen LogP contribution in [0.15, 0.2) is 18.3 Å². The number of hydrogen-bond acceptors (Lipinski definition) is 2. The van der Waals surface area contributed by atoms with Gasteiger partial charge >= 0.3 is 0 Å². The molecule has 3 nitrogen and oxygen atoms in total. The molecule has 0 fully saturated rings. The number of hydrogen-bond donors (Lipinski definition) is 1. The van der Waals surface area contributed by atoms with Crippen molar-refractivity contribution >= 4 is 22.5 Å². The zero-order valence-electron chi connectivity index (χ0n) is 9.49. The van der Waals surface area contributed by atoms with Crippen molar-refractivity contribution in [2.45, 2.75) is 13.0 Å². The molecule has 0 bridgehead atoms. The van der Waals surface area contributed by atoms with Gasteiger partial charge in [-0.1, -0.05) is 11.6 Å². The first-order valence-corrected chi connectivity index (χ1v) is 5.43. The van der Waals surface area contributed by atoms with E-state index in [1.165, 1.54) is 0 Å². The third-order valence-electron chi connectivity index (χ3n) is 2.74. The highest BCUT2D eigenvalue weighted by atomic mass is 35.5. The number of aryl methyl sites for hydroxylation is 1. The zero-order chi connectivity index (χ0) is 11.9. The molecule has 2 aromatic rings. The Labute approximate surface area is 99.2 Å². The molecule has 1 N–H and O–H groups in total. The summed E-state index contributed by atoms with van der Waals surface area (Å²) in [5, 5.41) is 11.2. The highest BCUT2D eigenvalue weighted by molar-refractivity contribution is 6.32. The maximum atomic E-state index is 9.68. The Bertz CT molecular complexity index is 531. The van der Waals surface area contributed by atoms with Crippen molar-refractivity contribution in [2.75, 3.05) is 7.11 Å². The van der Waals surface area contributed by atoms with Crippen molar-refractivity contribution < 1.29 is 9.84 Å². The SMILES string of the molecule is COc1cc2c(C(C)O)cn(C)c2cc1Cl. The van der Waals surface area contributed by atoms with Gasteiger partial charge in [0, 0.05) is 29.7 Å². The fourth-order valence-electron chi connectivity index (χ4n) is 1.90. The van der Waals surface area contributed by atoms with E-state index in [-0.39, 0.29) is 0 Å². The summed E-state index contributed by atoms with van der Waals surface area (Å²) >= 11 is 6.06. The summed E-state index contributed by atoms with van der Waals surface area (Å²) in [7, 11) is 3.51. The minimum atomic E-state index is -0.505. The fraction of sp³-hybridized carbons (Fsp3) is 0.333. The molecule has 0 aliphatic heterocycles. The van der Waals surface area contributed by atoms with Crippen molar-refractivity contribution in [3.8, 4) is 5.75 Å². The summed E-state index contributed by atoms with van der Waals surface area (Å²) in [6.07, 6.45) is 1.40. The Balaban J connectivity index is 2.77. The van der Waals surface area contributed by atoms with Crippen LogP contribution in [0.4, 0.5) is 0 Å². The molecule has 0 amide bonds. The lowest BCUT2D eigenvalue weighted by atomic mass is 10.1. The van der Waals surface area contributed by atoms with E-state index in [0.29, 0.717) is 10.8 Å². The van der Waals surface area contributed by atoms with Gasteiger partial charge in [0.15, 0.2) is 0 Å². The molecule has 86 valence electrons. The Kier molecular flexibility index (Phi) is 2.82. The predicted octanol–water partition coefficient (Wildman–Crippen LogP) is 2.89. The molecule has 0 aliphatic carbocycles. The van der Waals surface area contributed by atoms with Crippen LogP contribution in [0.5, 0.6) is 5.75 Å². The number of aromatic nitrogens is 1. The molecular weight excluding hydrogens is 226 g/mol. The van der Waals surface area contributed by atoms with Crippen LogP contribution in [0, 0.1) is 0 Å². The van der Waals surface area contributed by atoms with Crippen LogP contribution in [0.2, 0.25) is 5.02 Å². The first-order valence-electron chi connectivity index (χ1n) is 5.05. The number of nitrogens with zero attached hydrogens (tertiary/aromatic N) is 1. The lowest BCUT2D eigenvalue weighted by molar-refractivity contribution is 0.200. The molecule has 2 rings (SSSR count). The molecule has 4 heteroatoms. The Morgan fingerprint density at radius 3 is 2.69 bits per heavy atom. The number of rotatable bonds is 2. The maximum Gasteiger partial charge on any atom is 0.138 e. The molecule has 1 aromatic heterocycles. The topological polar surface area (TPSA) is 34.4 Å². The number of ether oxygens (including phenoxy) is 1. The highest BCUT2D eigenvalue weighted by Crippen LogP contribution is 2.34. The van der Waals surface area contributed by atoms with Gasteiger partial charge < -0.3 is 14.4 Å². The standard InChI is InChI=1S/C12H14ClNO2/c1-7(15)9-6-14(2)11-5-10(13)12(16-3)4-8(9)11/h4-7,15H,1-3H3. The van der Waals surface area contributed by atoms with Crippen LogP contribution in [0.25, 0.3) is 10.9 Å². The Morgan fingerprint density at radius 2 is 2.12 bits per heavy atom. The normalized spacial score (nSPS) is 13.1. The molecule has 0 saturated carbocycles. The molecule has 0 spiro atoms. The van der Waals surface area contributed by atoms with Gasteiger partial charge in [0.05, 0.1) is 18.2 Å². The second kappa shape index (κ2) is 4.00.